The lowest BCUT2D eigenvalue weighted by atomic mass is 9.93. The third-order valence-corrected chi connectivity index (χ3v) is 6.63. The van der Waals surface area contributed by atoms with E-state index < -0.39 is 5.97 Å². The van der Waals surface area contributed by atoms with Crippen LogP contribution < -0.4 is 19.5 Å². The minimum absolute atomic E-state index is 0.0745. The number of ether oxygens (including phenoxy) is 3. The van der Waals surface area contributed by atoms with Crippen molar-refractivity contribution >= 4 is 11.9 Å². The molecule has 0 heterocycles. The first-order chi connectivity index (χ1) is 19.6. The Hall–Kier alpha value is -4.00. The lowest BCUT2D eigenvalue weighted by Crippen LogP contribution is -2.30. The van der Waals surface area contributed by atoms with E-state index in [1.165, 1.54) is 0 Å². The number of amides is 1. The molecule has 0 bridgehead atoms. The summed E-state index contributed by atoms with van der Waals surface area (Å²) in [7, 11) is 0. The highest BCUT2D eigenvalue weighted by molar-refractivity contribution is 5.96. The van der Waals surface area contributed by atoms with E-state index in [1.54, 1.807) is 18.2 Å². The summed E-state index contributed by atoms with van der Waals surface area (Å²) in [5.41, 5.74) is 5.23. The van der Waals surface area contributed by atoms with Crippen molar-refractivity contribution in [1.82, 2.24) is 5.32 Å². The van der Waals surface area contributed by atoms with Crippen LogP contribution in [0.5, 0.6) is 17.2 Å². The van der Waals surface area contributed by atoms with Crippen molar-refractivity contribution in [3.63, 3.8) is 0 Å². The van der Waals surface area contributed by atoms with Gasteiger partial charge in [-0.2, -0.15) is 0 Å². The lowest BCUT2D eigenvalue weighted by molar-refractivity contribution is -0.136. The molecular weight excluding hydrogens is 518 g/mol. The van der Waals surface area contributed by atoms with Gasteiger partial charge in [-0.1, -0.05) is 49.2 Å². The highest BCUT2D eigenvalue weighted by Gasteiger charge is 2.21. The molecule has 1 unspecified atom stereocenters. The van der Waals surface area contributed by atoms with Crippen LogP contribution in [0.3, 0.4) is 0 Å². The van der Waals surface area contributed by atoms with Gasteiger partial charge in [0.15, 0.2) is 0 Å². The molecule has 3 aromatic carbocycles. The predicted molar refractivity (Wildman–Crippen MR) is 161 cm³/mol. The summed E-state index contributed by atoms with van der Waals surface area (Å²) in [4.78, 5) is 25.1. The van der Waals surface area contributed by atoms with Crippen molar-refractivity contribution < 1.29 is 28.9 Å². The van der Waals surface area contributed by atoms with E-state index >= 15 is 0 Å². The summed E-state index contributed by atoms with van der Waals surface area (Å²) < 4.78 is 17.6. The second-order valence-corrected chi connectivity index (χ2v) is 10.7. The monoisotopic (exact) mass is 561 g/mol. The minimum atomic E-state index is -0.915. The zero-order chi connectivity index (χ0) is 29.9. The standard InChI is InChI=1S/C34H43NO6/c1-7-39-28-12-13-32(40-8-2)27(19-28)21-41-29-11-9-25(10-14-33(36)37)30(20-29)34(38)35-31(15-22(3)4)26-17-23(5)16-24(6)18-26/h9,11-13,16-20,22,31H,7-8,10,14-15,21H2,1-6H3,(H,35,38)(H,36,37). The maximum Gasteiger partial charge on any atom is 0.303 e. The number of hydrogen-bond acceptors (Lipinski definition) is 5. The molecule has 0 fully saturated rings. The van der Waals surface area contributed by atoms with E-state index in [9.17, 15) is 14.7 Å². The summed E-state index contributed by atoms with van der Waals surface area (Å²) in [5.74, 6) is 1.12. The molecular formula is C34H43NO6. The van der Waals surface area contributed by atoms with Crippen LogP contribution in [0.2, 0.25) is 0 Å². The van der Waals surface area contributed by atoms with Crippen LogP contribution in [0, 0.1) is 19.8 Å². The summed E-state index contributed by atoms with van der Waals surface area (Å²) in [6.45, 7) is 13.5. The highest BCUT2D eigenvalue weighted by atomic mass is 16.5. The van der Waals surface area contributed by atoms with Crippen LogP contribution >= 0.6 is 0 Å². The average Bonchev–Trinajstić information content (AvgIpc) is 2.91. The minimum Gasteiger partial charge on any atom is -0.494 e. The van der Waals surface area contributed by atoms with Gasteiger partial charge in [-0.05, 0) is 87.9 Å². The van der Waals surface area contributed by atoms with Gasteiger partial charge in [-0.25, -0.2) is 0 Å². The summed E-state index contributed by atoms with van der Waals surface area (Å²) >= 11 is 0. The number of carboxylic acid groups (broad SMARTS) is 1. The molecule has 0 saturated heterocycles. The van der Waals surface area contributed by atoms with Gasteiger partial charge < -0.3 is 24.6 Å². The zero-order valence-corrected chi connectivity index (χ0v) is 25.1. The van der Waals surface area contributed by atoms with Crippen LogP contribution in [-0.2, 0) is 17.8 Å². The number of carboxylic acids is 1. The van der Waals surface area contributed by atoms with E-state index in [-0.39, 0.29) is 31.4 Å². The molecule has 3 aromatic rings. The second-order valence-electron chi connectivity index (χ2n) is 10.7. The van der Waals surface area contributed by atoms with Crippen LogP contribution in [0.1, 0.15) is 84.8 Å². The first-order valence-corrected chi connectivity index (χ1v) is 14.3. The van der Waals surface area contributed by atoms with E-state index in [0.29, 0.717) is 41.8 Å². The maximum atomic E-state index is 13.8. The molecule has 1 amide bonds. The van der Waals surface area contributed by atoms with Crippen molar-refractivity contribution in [2.75, 3.05) is 13.2 Å². The van der Waals surface area contributed by atoms with Gasteiger partial charge in [0.05, 0.1) is 19.3 Å². The van der Waals surface area contributed by atoms with Crippen LogP contribution in [-0.4, -0.2) is 30.2 Å². The molecule has 0 saturated carbocycles. The van der Waals surface area contributed by atoms with Crippen molar-refractivity contribution in [3.8, 4) is 17.2 Å². The Morgan fingerprint density at radius 1 is 0.829 bits per heavy atom. The quantitative estimate of drug-likeness (QED) is 0.204. The number of carbonyl (C=O) groups is 2. The first kappa shape index (κ1) is 31.5. The molecule has 220 valence electrons. The van der Waals surface area contributed by atoms with Gasteiger partial charge in [0.25, 0.3) is 5.91 Å². The van der Waals surface area contributed by atoms with Crippen LogP contribution in [0.4, 0.5) is 0 Å². The molecule has 0 aliphatic carbocycles. The Kier molecular flexibility index (Phi) is 11.6. The van der Waals surface area contributed by atoms with Gasteiger partial charge in [0, 0.05) is 17.5 Å². The predicted octanol–water partition coefficient (Wildman–Crippen LogP) is 7.21. The lowest BCUT2D eigenvalue weighted by Gasteiger charge is -2.23. The Labute approximate surface area is 243 Å². The number of aliphatic carboxylic acids is 1. The van der Waals surface area contributed by atoms with Crippen molar-refractivity contribution in [3.05, 3.63) is 88.0 Å². The molecule has 7 heteroatoms. The van der Waals surface area contributed by atoms with E-state index in [0.717, 1.165) is 34.4 Å². The summed E-state index contributed by atoms with van der Waals surface area (Å²) in [6.07, 6.45) is 0.933. The van der Waals surface area contributed by atoms with Gasteiger partial charge >= 0.3 is 5.97 Å². The van der Waals surface area contributed by atoms with Crippen molar-refractivity contribution in [1.29, 1.82) is 0 Å². The molecule has 0 spiro atoms. The Morgan fingerprint density at radius 2 is 1.49 bits per heavy atom. The van der Waals surface area contributed by atoms with E-state index in [2.05, 4.69) is 51.2 Å². The molecule has 0 aromatic heterocycles. The molecule has 0 radical (unpaired) electrons. The van der Waals surface area contributed by atoms with Crippen LogP contribution in [0.25, 0.3) is 0 Å². The van der Waals surface area contributed by atoms with E-state index in [4.69, 9.17) is 14.2 Å². The molecule has 0 aliphatic heterocycles. The highest BCUT2D eigenvalue weighted by Crippen LogP contribution is 2.29. The maximum absolute atomic E-state index is 13.8. The Morgan fingerprint density at radius 3 is 2.12 bits per heavy atom. The van der Waals surface area contributed by atoms with Crippen molar-refractivity contribution in [2.45, 2.75) is 73.5 Å². The number of benzene rings is 3. The third kappa shape index (κ3) is 9.55. The zero-order valence-electron chi connectivity index (χ0n) is 25.1. The summed E-state index contributed by atoms with van der Waals surface area (Å²) in [5, 5.41) is 12.5. The average molecular weight is 562 g/mol. The summed E-state index contributed by atoms with van der Waals surface area (Å²) in [6, 6.07) is 17.0. The number of carbonyl (C=O) groups excluding carboxylic acids is 1. The fraction of sp³-hybridized carbons (Fsp3) is 0.412. The Bertz CT molecular complexity index is 1310. The Balaban J connectivity index is 1.91. The number of nitrogens with one attached hydrogen (secondary N) is 1. The second kappa shape index (κ2) is 15.1. The van der Waals surface area contributed by atoms with Gasteiger partial charge in [-0.15, -0.1) is 0 Å². The SMILES string of the molecule is CCOc1ccc(OCC)c(COc2ccc(CCC(=O)O)c(C(=O)NC(CC(C)C)c3cc(C)cc(C)c3)c2)c1. The topological polar surface area (TPSA) is 94.1 Å². The molecule has 3 rings (SSSR count). The smallest absolute Gasteiger partial charge is 0.303 e. The number of rotatable bonds is 15. The fourth-order valence-corrected chi connectivity index (χ4v) is 4.90. The van der Waals surface area contributed by atoms with Crippen molar-refractivity contribution in [2.24, 2.45) is 5.92 Å². The van der Waals surface area contributed by atoms with Crippen LogP contribution in [0.15, 0.2) is 54.6 Å². The van der Waals surface area contributed by atoms with E-state index in [1.807, 2.05) is 32.0 Å². The largest absolute Gasteiger partial charge is 0.494 e. The molecule has 41 heavy (non-hydrogen) atoms. The molecule has 0 aliphatic rings. The first-order valence-electron chi connectivity index (χ1n) is 14.3. The number of hydrogen-bond donors (Lipinski definition) is 2. The molecule has 1 atom stereocenters. The third-order valence-electron chi connectivity index (χ3n) is 6.63. The van der Waals surface area contributed by atoms with Gasteiger partial charge in [0.1, 0.15) is 23.9 Å². The van der Waals surface area contributed by atoms with Gasteiger partial charge in [-0.3, -0.25) is 9.59 Å². The fourth-order valence-electron chi connectivity index (χ4n) is 4.90. The van der Waals surface area contributed by atoms with Gasteiger partial charge in [0.2, 0.25) is 0 Å². The normalized spacial score (nSPS) is 11.7. The molecule has 2 N–H and O–H groups in total. The number of aryl methyl sites for hydroxylation is 3. The molecule has 7 nitrogen and oxygen atoms in total.